The second-order valence-corrected chi connectivity index (χ2v) is 9.70. The second-order valence-electron chi connectivity index (χ2n) is 8.60. The third-order valence-corrected chi connectivity index (χ3v) is 7.72. The van der Waals surface area contributed by atoms with Crippen molar-refractivity contribution in [2.45, 2.75) is 29.5 Å². The van der Waals surface area contributed by atoms with E-state index < -0.39 is 0 Å². The lowest BCUT2D eigenvalue weighted by molar-refractivity contribution is 0.741. The number of benzene rings is 1. The Bertz CT molecular complexity index is 1480. The van der Waals surface area contributed by atoms with Crippen molar-refractivity contribution < 1.29 is 0 Å². The van der Waals surface area contributed by atoms with Gasteiger partial charge in [-0.2, -0.15) is 0 Å². The molecule has 0 amide bonds. The predicted molar refractivity (Wildman–Crippen MR) is 139 cm³/mol. The lowest BCUT2D eigenvalue weighted by atomic mass is 9.80. The summed E-state index contributed by atoms with van der Waals surface area (Å²) in [6, 6.07) is 18.2. The van der Waals surface area contributed by atoms with E-state index in [2.05, 4.69) is 33.6 Å². The highest BCUT2D eigenvalue weighted by molar-refractivity contribution is 7.99. The standard InChI is InChI=1S/C28H24N6S/c29-27-25-24-21(17-19-9-13-30-14-10-19)5-4-8-23(24)26(20-11-15-31-16-12-20)35-28(25)32-18-34(27)33-22-6-2-1-3-7-22/h1-3,6-7,9-18,26,29,33H,4-5,8H2. The molecule has 1 aromatic carbocycles. The Hall–Kier alpha value is -3.97. The SMILES string of the molecule is N=c1c2c(ncn1Nc1ccccc1)SC(c1ccncc1)C1=C2C(=Cc2ccncc2)CCC1. The first-order chi connectivity index (χ1) is 17.3. The van der Waals surface area contributed by atoms with E-state index in [1.807, 2.05) is 67.3 Å². The van der Waals surface area contributed by atoms with Gasteiger partial charge in [-0.05, 0) is 83.5 Å². The minimum atomic E-state index is 0.159. The number of allylic oxidation sites excluding steroid dienone is 2. The molecule has 2 aliphatic rings. The Kier molecular flexibility index (Phi) is 5.76. The molecule has 1 aliphatic heterocycles. The fraction of sp³-hybridized carbons (Fsp3) is 0.143. The molecular weight excluding hydrogens is 452 g/mol. The van der Waals surface area contributed by atoms with Crippen LogP contribution in [0.5, 0.6) is 0 Å². The van der Waals surface area contributed by atoms with Crippen LogP contribution in [-0.4, -0.2) is 19.6 Å². The minimum absolute atomic E-state index is 0.159. The van der Waals surface area contributed by atoms with Gasteiger partial charge in [0.15, 0.2) is 5.49 Å². The van der Waals surface area contributed by atoms with Crippen molar-refractivity contribution in [2.75, 3.05) is 5.43 Å². The zero-order valence-corrected chi connectivity index (χ0v) is 19.9. The van der Waals surface area contributed by atoms with E-state index >= 15 is 0 Å². The molecule has 0 radical (unpaired) electrons. The first kappa shape index (κ1) is 21.6. The zero-order valence-electron chi connectivity index (χ0n) is 19.1. The maximum atomic E-state index is 9.20. The summed E-state index contributed by atoms with van der Waals surface area (Å²) < 4.78 is 1.71. The van der Waals surface area contributed by atoms with Gasteiger partial charge >= 0.3 is 0 Å². The summed E-state index contributed by atoms with van der Waals surface area (Å²) in [4.78, 5) is 13.2. The molecule has 0 saturated carbocycles. The Labute approximate surface area is 208 Å². The molecule has 3 aromatic heterocycles. The number of hydrogen-bond donors (Lipinski definition) is 2. The van der Waals surface area contributed by atoms with Gasteiger partial charge in [0.25, 0.3) is 0 Å². The quantitative estimate of drug-likeness (QED) is 0.359. The van der Waals surface area contributed by atoms with Gasteiger partial charge in [0.05, 0.1) is 16.5 Å². The number of thioether (sulfide) groups is 1. The number of nitrogens with one attached hydrogen (secondary N) is 2. The zero-order chi connectivity index (χ0) is 23.6. The molecule has 1 atom stereocenters. The van der Waals surface area contributed by atoms with Gasteiger partial charge < -0.3 is 0 Å². The molecule has 0 bridgehead atoms. The molecule has 7 heteroatoms. The van der Waals surface area contributed by atoms with E-state index in [9.17, 15) is 5.41 Å². The average molecular weight is 477 g/mol. The first-order valence-corrected chi connectivity index (χ1v) is 12.6. The number of aromatic nitrogens is 4. The van der Waals surface area contributed by atoms with Crippen LogP contribution < -0.4 is 10.9 Å². The normalized spacial score (nSPS) is 18.2. The number of rotatable bonds is 4. The van der Waals surface area contributed by atoms with Crippen molar-refractivity contribution >= 4 is 29.1 Å². The highest BCUT2D eigenvalue weighted by atomic mass is 32.2. The van der Waals surface area contributed by atoms with Crippen LogP contribution in [0, 0.1) is 5.41 Å². The van der Waals surface area contributed by atoms with Crippen LogP contribution in [0.1, 0.15) is 41.2 Å². The average Bonchev–Trinajstić information content (AvgIpc) is 2.91. The number of pyridine rings is 2. The van der Waals surface area contributed by atoms with Crippen molar-refractivity contribution in [1.82, 2.24) is 19.6 Å². The molecule has 35 heavy (non-hydrogen) atoms. The molecule has 0 fully saturated rings. The van der Waals surface area contributed by atoms with Crippen molar-refractivity contribution in [3.8, 4) is 0 Å². The molecule has 1 unspecified atom stereocenters. The third kappa shape index (κ3) is 4.19. The molecular formula is C28H24N6S. The van der Waals surface area contributed by atoms with Crippen molar-refractivity contribution in [3.63, 3.8) is 0 Å². The van der Waals surface area contributed by atoms with Crippen LogP contribution in [0.3, 0.4) is 0 Å². The van der Waals surface area contributed by atoms with Crippen LogP contribution in [-0.2, 0) is 0 Å². The van der Waals surface area contributed by atoms with Gasteiger partial charge in [-0.25, -0.2) is 9.66 Å². The fourth-order valence-electron chi connectivity index (χ4n) is 4.81. The largest absolute Gasteiger partial charge is 0.292 e. The van der Waals surface area contributed by atoms with E-state index in [4.69, 9.17) is 4.98 Å². The third-order valence-electron chi connectivity index (χ3n) is 6.39. The summed E-state index contributed by atoms with van der Waals surface area (Å²) in [5, 5.41) is 10.3. The Morgan fingerprint density at radius 3 is 2.46 bits per heavy atom. The molecule has 1 aliphatic carbocycles. The van der Waals surface area contributed by atoms with Gasteiger partial charge in [0, 0.05) is 24.8 Å². The summed E-state index contributed by atoms with van der Waals surface area (Å²) in [6.07, 6.45) is 14.4. The Balaban J connectivity index is 1.54. The highest BCUT2D eigenvalue weighted by Crippen LogP contribution is 2.54. The molecule has 4 heterocycles. The summed E-state index contributed by atoms with van der Waals surface area (Å²) in [5.41, 5.74) is 11.7. The van der Waals surface area contributed by atoms with Crippen molar-refractivity contribution in [2.24, 2.45) is 0 Å². The summed E-state index contributed by atoms with van der Waals surface area (Å²) in [6.45, 7) is 0. The molecule has 2 N–H and O–H groups in total. The second kappa shape index (κ2) is 9.35. The lowest BCUT2D eigenvalue weighted by Gasteiger charge is -2.34. The predicted octanol–water partition coefficient (Wildman–Crippen LogP) is 5.90. The molecule has 6 nitrogen and oxygen atoms in total. The maximum Gasteiger partial charge on any atom is 0.156 e. The number of anilines is 1. The van der Waals surface area contributed by atoms with Crippen molar-refractivity contribution in [3.05, 3.63) is 119 Å². The van der Waals surface area contributed by atoms with Crippen LogP contribution in [0.4, 0.5) is 5.69 Å². The number of para-hydroxylation sites is 1. The van der Waals surface area contributed by atoms with Gasteiger partial charge in [0.2, 0.25) is 0 Å². The van der Waals surface area contributed by atoms with Gasteiger partial charge in [-0.1, -0.05) is 36.0 Å². The molecule has 172 valence electrons. The Morgan fingerprint density at radius 1 is 0.943 bits per heavy atom. The molecule has 0 spiro atoms. The Morgan fingerprint density at radius 2 is 1.69 bits per heavy atom. The summed E-state index contributed by atoms with van der Waals surface area (Å²) >= 11 is 1.74. The van der Waals surface area contributed by atoms with Crippen molar-refractivity contribution in [1.29, 1.82) is 5.41 Å². The molecule has 6 rings (SSSR count). The number of nitrogens with zero attached hydrogens (tertiary/aromatic N) is 4. The number of hydrogen-bond acceptors (Lipinski definition) is 6. The van der Waals surface area contributed by atoms with E-state index in [1.54, 1.807) is 22.8 Å². The summed E-state index contributed by atoms with van der Waals surface area (Å²) in [7, 11) is 0. The molecule has 4 aromatic rings. The van der Waals surface area contributed by atoms with E-state index in [0.717, 1.165) is 41.1 Å². The maximum absolute atomic E-state index is 9.20. The minimum Gasteiger partial charge on any atom is -0.292 e. The van der Waals surface area contributed by atoms with Gasteiger partial charge in [-0.15, -0.1) is 0 Å². The van der Waals surface area contributed by atoms with Crippen LogP contribution in [0.25, 0.3) is 11.6 Å². The van der Waals surface area contributed by atoms with E-state index in [-0.39, 0.29) is 5.25 Å². The fourth-order valence-corrected chi connectivity index (χ4v) is 6.13. The highest BCUT2D eigenvalue weighted by Gasteiger charge is 2.34. The lowest BCUT2D eigenvalue weighted by Crippen LogP contribution is -2.32. The monoisotopic (exact) mass is 476 g/mol. The van der Waals surface area contributed by atoms with Gasteiger partial charge in [-0.3, -0.25) is 20.8 Å². The molecule has 0 saturated heterocycles. The van der Waals surface area contributed by atoms with Gasteiger partial charge in [0.1, 0.15) is 11.4 Å². The van der Waals surface area contributed by atoms with E-state index in [0.29, 0.717) is 5.49 Å². The van der Waals surface area contributed by atoms with Crippen LogP contribution in [0.2, 0.25) is 0 Å². The first-order valence-electron chi connectivity index (χ1n) is 11.7. The number of fused-ring (bicyclic) bond motifs is 2. The topological polar surface area (TPSA) is 79.5 Å². The smallest absolute Gasteiger partial charge is 0.156 e. The van der Waals surface area contributed by atoms with Crippen LogP contribution >= 0.6 is 11.8 Å². The van der Waals surface area contributed by atoms with E-state index in [1.165, 1.54) is 22.3 Å². The summed E-state index contributed by atoms with van der Waals surface area (Å²) in [5.74, 6) is 0. The van der Waals surface area contributed by atoms with Crippen LogP contribution in [0.15, 0.2) is 102 Å².